The summed E-state index contributed by atoms with van der Waals surface area (Å²) in [6.07, 6.45) is 0. The average molecular weight is 291 g/mol. The quantitative estimate of drug-likeness (QED) is 0.897. The van der Waals surface area contributed by atoms with Gasteiger partial charge in [-0.25, -0.2) is 0 Å². The van der Waals surface area contributed by atoms with Crippen molar-refractivity contribution in [3.8, 4) is 0 Å². The lowest BCUT2D eigenvalue weighted by Crippen LogP contribution is -2.68. The third-order valence-electron chi connectivity index (χ3n) is 3.47. The summed E-state index contributed by atoms with van der Waals surface area (Å²) >= 11 is 0. The molecule has 1 aromatic carbocycles. The summed E-state index contributed by atoms with van der Waals surface area (Å²) < 4.78 is 5.87. The van der Waals surface area contributed by atoms with Crippen molar-refractivity contribution < 1.29 is 4.74 Å². The van der Waals surface area contributed by atoms with Crippen LogP contribution in [-0.4, -0.2) is 43.3 Å². The number of benzene rings is 1. The summed E-state index contributed by atoms with van der Waals surface area (Å²) in [7, 11) is 0. The third kappa shape index (κ3) is 3.37. The third-order valence-corrected chi connectivity index (χ3v) is 3.47. The van der Waals surface area contributed by atoms with E-state index < -0.39 is 0 Å². The molecule has 0 aliphatic carbocycles. The van der Waals surface area contributed by atoms with E-state index in [9.17, 15) is 0 Å². The zero-order valence-corrected chi connectivity index (χ0v) is 11.9. The fraction of sp³-hybridized carbons (Fsp3) is 0.538. The Balaban J connectivity index is 0.000000810. The van der Waals surface area contributed by atoms with Gasteiger partial charge in [-0.1, -0.05) is 30.3 Å². The summed E-state index contributed by atoms with van der Waals surface area (Å²) in [4.78, 5) is 2.50. The van der Waals surface area contributed by atoms with Crippen molar-refractivity contribution in [3.05, 3.63) is 35.9 Å². The lowest BCUT2D eigenvalue weighted by atomic mass is 9.94. The molecule has 0 radical (unpaired) electrons. The maximum absolute atomic E-state index is 5.87. The van der Waals surface area contributed by atoms with Gasteiger partial charge in [-0.2, -0.15) is 0 Å². The van der Waals surface area contributed by atoms with E-state index in [0.717, 1.165) is 39.3 Å². The van der Waals surface area contributed by atoms with Gasteiger partial charge in [-0.15, -0.1) is 24.8 Å². The molecule has 0 saturated carbocycles. The van der Waals surface area contributed by atoms with Gasteiger partial charge < -0.3 is 10.1 Å². The smallest absolute Gasteiger partial charge is 0.106 e. The number of morpholine rings is 1. The number of ether oxygens (including phenoxy) is 1. The molecule has 2 heterocycles. The van der Waals surface area contributed by atoms with Crippen LogP contribution in [0.2, 0.25) is 0 Å². The minimum Gasteiger partial charge on any atom is -0.370 e. The minimum absolute atomic E-state index is 0. The molecule has 2 fully saturated rings. The normalized spacial score (nSPS) is 21.6. The molecule has 0 unspecified atom stereocenters. The molecular weight excluding hydrogens is 271 g/mol. The molecular formula is C13H20Cl2N2O. The molecule has 3 rings (SSSR count). The van der Waals surface area contributed by atoms with Crippen LogP contribution in [0.4, 0.5) is 0 Å². The molecule has 0 atom stereocenters. The Morgan fingerprint density at radius 1 is 1.17 bits per heavy atom. The SMILES string of the molecule is Cl.Cl.c1ccc(CN2CCOC3(CNC3)C2)cc1. The number of hydrogen-bond donors (Lipinski definition) is 1. The van der Waals surface area contributed by atoms with Crippen molar-refractivity contribution >= 4 is 24.8 Å². The van der Waals surface area contributed by atoms with Gasteiger partial charge in [0.2, 0.25) is 0 Å². The second kappa shape index (κ2) is 6.73. The van der Waals surface area contributed by atoms with Crippen molar-refractivity contribution in [3.63, 3.8) is 0 Å². The molecule has 18 heavy (non-hydrogen) atoms. The van der Waals surface area contributed by atoms with Crippen LogP contribution >= 0.6 is 24.8 Å². The van der Waals surface area contributed by atoms with E-state index in [1.165, 1.54) is 5.56 Å². The predicted molar refractivity (Wildman–Crippen MR) is 77.8 cm³/mol. The number of rotatable bonds is 2. The van der Waals surface area contributed by atoms with Crippen LogP contribution in [0, 0.1) is 0 Å². The van der Waals surface area contributed by atoms with E-state index in [2.05, 4.69) is 40.5 Å². The first-order valence-electron chi connectivity index (χ1n) is 5.97. The van der Waals surface area contributed by atoms with Crippen LogP contribution in [0.3, 0.4) is 0 Å². The Labute approximate surface area is 121 Å². The molecule has 1 N–H and O–H groups in total. The van der Waals surface area contributed by atoms with Gasteiger partial charge in [0.15, 0.2) is 0 Å². The summed E-state index contributed by atoms with van der Waals surface area (Å²) in [5, 5.41) is 3.30. The van der Waals surface area contributed by atoms with E-state index in [1.807, 2.05) is 0 Å². The van der Waals surface area contributed by atoms with Gasteiger partial charge in [-0.3, -0.25) is 4.90 Å². The van der Waals surface area contributed by atoms with Gasteiger partial charge in [0.1, 0.15) is 5.60 Å². The number of nitrogens with zero attached hydrogens (tertiary/aromatic N) is 1. The topological polar surface area (TPSA) is 24.5 Å². The van der Waals surface area contributed by atoms with E-state index in [-0.39, 0.29) is 30.4 Å². The fourth-order valence-corrected chi connectivity index (χ4v) is 2.52. The summed E-state index contributed by atoms with van der Waals surface area (Å²) in [5.41, 5.74) is 1.51. The Morgan fingerprint density at radius 3 is 2.50 bits per heavy atom. The predicted octanol–water partition coefficient (Wildman–Crippen LogP) is 1.70. The molecule has 1 spiro atoms. The molecule has 0 bridgehead atoms. The molecule has 2 saturated heterocycles. The summed E-state index contributed by atoms with van der Waals surface area (Å²) in [6, 6.07) is 10.7. The molecule has 5 heteroatoms. The van der Waals surface area contributed by atoms with Crippen molar-refractivity contribution in [1.82, 2.24) is 10.2 Å². The van der Waals surface area contributed by atoms with Crippen LogP contribution in [0.15, 0.2) is 30.3 Å². The summed E-state index contributed by atoms with van der Waals surface area (Å²) in [5.74, 6) is 0. The van der Waals surface area contributed by atoms with Gasteiger partial charge in [-0.05, 0) is 5.56 Å². The monoisotopic (exact) mass is 290 g/mol. The van der Waals surface area contributed by atoms with Gasteiger partial charge in [0.25, 0.3) is 0 Å². The molecule has 0 amide bonds. The van der Waals surface area contributed by atoms with Crippen molar-refractivity contribution in [2.75, 3.05) is 32.8 Å². The Morgan fingerprint density at radius 2 is 1.89 bits per heavy atom. The van der Waals surface area contributed by atoms with Crippen molar-refractivity contribution in [2.45, 2.75) is 12.1 Å². The first-order chi connectivity index (χ1) is 7.86. The molecule has 102 valence electrons. The number of hydrogen-bond acceptors (Lipinski definition) is 3. The molecule has 0 aromatic heterocycles. The second-order valence-corrected chi connectivity index (χ2v) is 4.83. The van der Waals surface area contributed by atoms with Crippen LogP contribution < -0.4 is 5.32 Å². The largest absolute Gasteiger partial charge is 0.370 e. The van der Waals surface area contributed by atoms with E-state index >= 15 is 0 Å². The average Bonchev–Trinajstić information content (AvgIpc) is 2.29. The first kappa shape index (κ1) is 15.7. The molecule has 3 nitrogen and oxygen atoms in total. The number of halogens is 2. The van der Waals surface area contributed by atoms with Crippen molar-refractivity contribution in [2.24, 2.45) is 0 Å². The Bertz CT molecular complexity index is 357. The maximum atomic E-state index is 5.87. The zero-order chi connectivity index (χ0) is 10.8. The number of nitrogens with one attached hydrogen (secondary N) is 1. The minimum atomic E-state index is 0. The first-order valence-corrected chi connectivity index (χ1v) is 5.97. The standard InChI is InChI=1S/C13H18N2O.2ClH/c1-2-4-12(5-3-1)8-15-6-7-16-13(11-15)9-14-10-13;;/h1-5,14H,6-11H2;2*1H. The van der Waals surface area contributed by atoms with Gasteiger partial charge >= 0.3 is 0 Å². The van der Waals surface area contributed by atoms with Crippen LogP contribution in [0.25, 0.3) is 0 Å². The highest BCUT2D eigenvalue weighted by Crippen LogP contribution is 2.23. The lowest BCUT2D eigenvalue weighted by Gasteiger charge is -2.48. The van der Waals surface area contributed by atoms with Gasteiger partial charge in [0, 0.05) is 32.7 Å². The highest BCUT2D eigenvalue weighted by molar-refractivity contribution is 5.85. The molecule has 2 aliphatic rings. The maximum Gasteiger partial charge on any atom is 0.106 e. The Hall–Kier alpha value is -0.320. The van der Waals surface area contributed by atoms with E-state index in [4.69, 9.17) is 4.74 Å². The highest BCUT2D eigenvalue weighted by Gasteiger charge is 2.41. The van der Waals surface area contributed by atoms with Crippen LogP contribution in [-0.2, 0) is 11.3 Å². The zero-order valence-electron chi connectivity index (χ0n) is 10.3. The lowest BCUT2D eigenvalue weighted by molar-refractivity contribution is -0.137. The van der Waals surface area contributed by atoms with Crippen LogP contribution in [0.1, 0.15) is 5.56 Å². The highest BCUT2D eigenvalue weighted by atomic mass is 35.5. The Kier molecular flexibility index (Phi) is 5.89. The van der Waals surface area contributed by atoms with E-state index in [1.54, 1.807) is 0 Å². The van der Waals surface area contributed by atoms with Crippen LogP contribution in [0.5, 0.6) is 0 Å². The van der Waals surface area contributed by atoms with Gasteiger partial charge in [0.05, 0.1) is 6.61 Å². The van der Waals surface area contributed by atoms with Crippen molar-refractivity contribution in [1.29, 1.82) is 0 Å². The molecule has 1 aromatic rings. The summed E-state index contributed by atoms with van der Waals surface area (Å²) in [6.45, 7) is 6.06. The fourth-order valence-electron chi connectivity index (χ4n) is 2.52. The molecule has 2 aliphatic heterocycles. The van der Waals surface area contributed by atoms with E-state index in [0.29, 0.717) is 0 Å². The second-order valence-electron chi connectivity index (χ2n) is 4.83.